The Balaban J connectivity index is 1.48. The third-order valence-corrected chi connectivity index (χ3v) is 6.07. The minimum Gasteiger partial charge on any atom is -0.382 e. The van der Waals surface area contributed by atoms with Gasteiger partial charge < -0.3 is 16.0 Å². The molecule has 0 atom stereocenters. The van der Waals surface area contributed by atoms with Gasteiger partial charge in [-0.05, 0) is 43.0 Å². The molecule has 1 aliphatic carbocycles. The lowest BCUT2D eigenvalue weighted by molar-refractivity contribution is -0.118. The van der Waals surface area contributed by atoms with Crippen molar-refractivity contribution >= 4 is 28.6 Å². The van der Waals surface area contributed by atoms with Crippen LogP contribution in [0.1, 0.15) is 26.2 Å². The van der Waals surface area contributed by atoms with Crippen LogP contribution < -0.4 is 16.0 Å². The fourth-order valence-corrected chi connectivity index (χ4v) is 4.03. The summed E-state index contributed by atoms with van der Waals surface area (Å²) in [6.07, 6.45) is 5.58. The summed E-state index contributed by atoms with van der Waals surface area (Å²) in [4.78, 5) is 25.1. The first-order chi connectivity index (χ1) is 16.7. The highest BCUT2D eigenvalue weighted by Crippen LogP contribution is 2.34. The molecule has 7 nitrogen and oxygen atoms in total. The monoisotopic (exact) mass is 452 g/mol. The molecule has 3 N–H and O–H groups in total. The average molecular weight is 453 g/mol. The van der Waals surface area contributed by atoms with Crippen LogP contribution in [0.2, 0.25) is 0 Å². The fraction of sp³-hybridized carbons (Fsp3) is 0.259. The number of carbonyl (C=O) groups excluding carboxylic acids is 1. The largest absolute Gasteiger partial charge is 0.382 e. The van der Waals surface area contributed by atoms with Crippen molar-refractivity contribution < 1.29 is 4.79 Å². The van der Waals surface area contributed by atoms with Crippen molar-refractivity contribution in [2.75, 3.05) is 23.7 Å². The van der Waals surface area contributed by atoms with Gasteiger partial charge in [-0.2, -0.15) is 4.98 Å². The minimum absolute atomic E-state index is 0.0603. The van der Waals surface area contributed by atoms with E-state index in [4.69, 9.17) is 4.98 Å². The summed E-state index contributed by atoms with van der Waals surface area (Å²) in [6.45, 7) is 2.54. The molecule has 5 rings (SSSR count). The fourth-order valence-electron chi connectivity index (χ4n) is 4.03. The number of fused-ring (bicyclic) bond motifs is 1. The van der Waals surface area contributed by atoms with Gasteiger partial charge >= 0.3 is 0 Å². The highest BCUT2D eigenvalue weighted by Gasteiger charge is 2.17. The number of anilines is 2. The maximum absolute atomic E-state index is 11.1. The van der Waals surface area contributed by atoms with Gasteiger partial charge in [-0.15, -0.1) is 0 Å². The van der Waals surface area contributed by atoms with E-state index in [0.29, 0.717) is 30.7 Å². The lowest BCUT2D eigenvalue weighted by atomic mass is 9.93. The summed E-state index contributed by atoms with van der Waals surface area (Å²) in [5, 5.41) is 10.4. The Morgan fingerprint density at radius 1 is 0.971 bits per heavy atom. The summed E-state index contributed by atoms with van der Waals surface area (Å²) in [5.41, 5.74) is 5.84. The van der Waals surface area contributed by atoms with Crippen molar-refractivity contribution in [2.24, 2.45) is 0 Å². The zero-order chi connectivity index (χ0) is 23.3. The number of nitrogens with zero attached hydrogens (tertiary/aromatic N) is 3. The molecular formula is C27H28N6O. The van der Waals surface area contributed by atoms with Crippen LogP contribution >= 0.6 is 0 Å². The molecule has 0 saturated heterocycles. The molecular weight excluding hydrogens is 424 g/mol. The van der Waals surface area contributed by atoms with Crippen LogP contribution in [-0.2, 0) is 4.79 Å². The summed E-state index contributed by atoms with van der Waals surface area (Å²) < 4.78 is 0. The molecule has 2 aromatic heterocycles. The van der Waals surface area contributed by atoms with Crippen molar-refractivity contribution in [2.45, 2.75) is 32.2 Å². The molecule has 0 unspecified atom stereocenters. The van der Waals surface area contributed by atoms with Crippen LogP contribution in [0.25, 0.3) is 33.4 Å². The maximum Gasteiger partial charge on any atom is 0.224 e. The van der Waals surface area contributed by atoms with Crippen LogP contribution in [0.4, 0.5) is 11.6 Å². The average Bonchev–Trinajstić information content (AvgIpc) is 2.84. The highest BCUT2D eigenvalue weighted by atomic mass is 16.1. The summed E-state index contributed by atoms with van der Waals surface area (Å²) in [5.74, 6) is 0.429. The Bertz CT molecular complexity index is 1290. The molecule has 34 heavy (non-hydrogen) atoms. The number of pyridine rings is 1. The molecule has 1 aliphatic rings. The Morgan fingerprint density at radius 3 is 2.47 bits per heavy atom. The third-order valence-electron chi connectivity index (χ3n) is 6.07. The summed E-state index contributed by atoms with van der Waals surface area (Å²) in [6, 6.07) is 21.5. The number of carbonyl (C=O) groups is 1. The molecule has 0 bridgehead atoms. The van der Waals surface area contributed by atoms with E-state index in [0.717, 1.165) is 33.5 Å². The molecule has 0 radical (unpaired) electrons. The first-order valence-electron chi connectivity index (χ1n) is 11.7. The van der Waals surface area contributed by atoms with Crippen LogP contribution in [0, 0.1) is 0 Å². The molecule has 7 heteroatoms. The topological polar surface area (TPSA) is 91.8 Å². The predicted molar refractivity (Wildman–Crippen MR) is 137 cm³/mol. The van der Waals surface area contributed by atoms with Crippen molar-refractivity contribution in [1.29, 1.82) is 0 Å². The molecule has 0 spiro atoms. The van der Waals surface area contributed by atoms with Gasteiger partial charge in [0.25, 0.3) is 0 Å². The predicted octanol–water partition coefficient (Wildman–Crippen LogP) is 4.87. The lowest BCUT2D eigenvalue weighted by Gasteiger charge is -2.27. The number of nitrogens with one attached hydrogen (secondary N) is 3. The van der Waals surface area contributed by atoms with E-state index in [-0.39, 0.29) is 5.91 Å². The zero-order valence-electron chi connectivity index (χ0n) is 19.2. The van der Waals surface area contributed by atoms with Crippen molar-refractivity contribution in [3.05, 3.63) is 66.9 Å². The highest BCUT2D eigenvalue weighted by molar-refractivity contribution is 5.90. The van der Waals surface area contributed by atoms with Gasteiger partial charge in [0, 0.05) is 54.5 Å². The normalized spacial score (nSPS) is 13.3. The molecule has 172 valence electrons. The molecule has 1 amide bonds. The molecule has 1 saturated carbocycles. The van der Waals surface area contributed by atoms with E-state index in [2.05, 4.69) is 68.4 Å². The third kappa shape index (κ3) is 4.98. The quantitative estimate of drug-likeness (QED) is 0.330. The smallest absolute Gasteiger partial charge is 0.224 e. The van der Waals surface area contributed by atoms with Gasteiger partial charge in [-0.1, -0.05) is 42.5 Å². The van der Waals surface area contributed by atoms with Gasteiger partial charge in [-0.25, -0.2) is 9.97 Å². The SMILES string of the molecule is CC(=O)NCCNc1ncc2cc(-c3ccccc3)c(-c3ccc(NC4CCC4)cc3)nc2n1. The Morgan fingerprint density at radius 2 is 1.76 bits per heavy atom. The zero-order valence-corrected chi connectivity index (χ0v) is 19.2. The van der Waals surface area contributed by atoms with E-state index >= 15 is 0 Å². The van der Waals surface area contributed by atoms with Crippen molar-refractivity contribution in [1.82, 2.24) is 20.3 Å². The van der Waals surface area contributed by atoms with Crippen LogP contribution in [-0.4, -0.2) is 40.0 Å². The van der Waals surface area contributed by atoms with Crippen LogP contribution in [0.5, 0.6) is 0 Å². The number of amides is 1. The first-order valence-corrected chi connectivity index (χ1v) is 11.7. The van der Waals surface area contributed by atoms with Crippen LogP contribution in [0.3, 0.4) is 0 Å². The van der Waals surface area contributed by atoms with Crippen molar-refractivity contribution in [3.8, 4) is 22.4 Å². The van der Waals surface area contributed by atoms with Gasteiger partial charge in [-0.3, -0.25) is 4.79 Å². The number of benzene rings is 2. The standard InChI is InChI=1S/C27H28N6O/c1-18(34)28-14-15-29-27-30-17-21-16-24(19-6-3-2-4-7-19)25(32-26(21)33-27)20-10-12-23(13-11-20)31-22-8-5-9-22/h2-4,6-7,10-13,16-17,22,31H,5,8-9,14-15H2,1H3,(H,28,34)(H,29,30,32,33). The maximum atomic E-state index is 11.1. The summed E-state index contributed by atoms with van der Waals surface area (Å²) in [7, 11) is 0. The number of hydrogen-bond acceptors (Lipinski definition) is 6. The second-order valence-corrected chi connectivity index (χ2v) is 8.62. The van der Waals surface area contributed by atoms with Gasteiger partial charge in [0.05, 0.1) is 5.69 Å². The van der Waals surface area contributed by atoms with E-state index < -0.39 is 0 Å². The second kappa shape index (κ2) is 9.87. The van der Waals surface area contributed by atoms with Gasteiger partial charge in [0.15, 0.2) is 5.65 Å². The Hall–Kier alpha value is -4.00. The number of rotatable bonds is 8. The number of hydrogen-bond donors (Lipinski definition) is 3. The van der Waals surface area contributed by atoms with E-state index in [9.17, 15) is 4.79 Å². The van der Waals surface area contributed by atoms with Gasteiger partial charge in [0.2, 0.25) is 11.9 Å². The van der Waals surface area contributed by atoms with E-state index in [1.54, 1.807) is 6.20 Å². The molecule has 1 fully saturated rings. The van der Waals surface area contributed by atoms with Crippen molar-refractivity contribution in [3.63, 3.8) is 0 Å². The molecule has 4 aromatic rings. The van der Waals surface area contributed by atoms with E-state index in [1.807, 2.05) is 18.2 Å². The van der Waals surface area contributed by atoms with Crippen LogP contribution in [0.15, 0.2) is 66.9 Å². The first kappa shape index (κ1) is 21.8. The minimum atomic E-state index is -0.0603. The van der Waals surface area contributed by atoms with E-state index in [1.165, 1.54) is 26.2 Å². The number of aromatic nitrogens is 3. The molecule has 0 aliphatic heterocycles. The second-order valence-electron chi connectivity index (χ2n) is 8.62. The Kier molecular flexibility index (Phi) is 6.33. The Labute approximate surface area is 199 Å². The molecule has 2 aromatic carbocycles. The lowest BCUT2D eigenvalue weighted by Crippen LogP contribution is -2.26. The summed E-state index contributed by atoms with van der Waals surface area (Å²) >= 11 is 0. The van der Waals surface area contributed by atoms with Gasteiger partial charge in [0.1, 0.15) is 0 Å². The molecule has 2 heterocycles.